The lowest BCUT2D eigenvalue weighted by molar-refractivity contribution is 0.0221. The molecule has 3 N–H and O–H groups in total. The summed E-state index contributed by atoms with van der Waals surface area (Å²) >= 11 is 0. The van der Waals surface area contributed by atoms with Gasteiger partial charge in [0.2, 0.25) is 0 Å². The number of nitrogens with one attached hydrogen (secondary N) is 2. The predicted molar refractivity (Wildman–Crippen MR) is 134 cm³/mol. The first-order chi connectivity index (χ1) is 16.1. The number of amidine groups is 1. The highest BCUT2D eigenvalue weighted by Crippen LogP contribution is 2.47. The van der Waals surface area contributed by atoms with E-state index < -0.39 is 0 Å². The van der Waals surface area contributed by atoms with Gasteiger partial charge in [-0.2, -0.15) is 0 Å². The predicted octanol–water partition coefficient (Wildman–Crippen LogP) is 5.00. The molecular weight excluding hydrogens is 430 g/mol. The number of hydrogen-bond donors (Lipinski definition) is 3. The maximum atomic E-state index is 12.2. The first kappa shape index (κ1) is 24.3. The van der Waals surface area contributed by atoms with Gasteiger partial charge in [-0.05, 0) is 57.2 Å². The number of amides is 1. The van der Waals surface area contributed by atoms with Gasteiger partial charge in [0.1, 0.15) is 17.7 Å². The zero-order valence-electron chi connectivity index (χ0n) is 20.9. The van der Waals surface area contributed by atoms with Gasteiger partial charge in [-0.3, -0.25) is 5.41 Å². The van der Waals surface area contributed by atoms with Gasteiger partial charge < -0.3 is 24.8 Å². The van der Waals surface area contributed by atoms with Crippen LogP contribution in [0, 0.1) is 18.3 Å². The van der Waals surface area contributed by atoms with Crippen LogP contribution < -0.4 is 10.2 Å². The van der Waals surface area contributed by atoms with E-state index in [1.807, 2.05) is 32.2 Å². The van der Waals surface area contributed by atoms with Crippen LogP contribution in [0.4, 0.5) is 10.5 Å². The number of phenolic OH excluding ortho intramolecular Hbond substituents is 1. The number of carbonyl (C=O) groups is 1. The number of carbonyl (C=O) groups excluding carboxylic acids is 1. The van der Waals surface area contributed by atoms with Gasteiger partial charge in [0.05, 0.1) is 17.4 Å². The highest BCUT2D eigenvalue weighted by atomic mass is 16.6. The molecule has 2 unspecified atom stereocenters. The van der Waals surface area contributed by atoms with E-state index in [2.05, 4.69) is 38.2 Å². The fourth-order valence-electron chi connectivity index (χ4n) is 5.25. The maximum Gasteiger partial charge on any atom is 0.407 e. The summed E-state index contributed by atoms with van der Waals surface area (Å²) in [5.74, 6) is 0.712. The van der Waals surface area contributed by atoms with Crippen molar-refractivity contribution in [3.05, 3.63) is 47.1 Å². The number of rotatable bonds is 0. The van der Waals surface area contributed by atoms with Crippen molar-refractivity contribution in [3.63, 3.8) is 0 Å². The standard InChI is InChI=1S/C27H37N3O4/c1-16-8-6-7-9-20-15-22(33-26(32)29-20)18(3)25-27(4,34-25)11-10-23(28)30(5)21-14-19(12-16)13-17(2)24(21)31/h6-8,13-14,18,20,22,25,28,31H,9-12,15H2,1-5H3,(H,29,32)/b7-6+,16-8+,28-23?/t18-,20?,22?,25+,27+/m1/s1. The zero-order valence-corrected chi connectivity index (χ0v) is 20.9. The summed E-state index contributed by atoms with van der Waals surface area (Å²) in [4.78, 5) is 14.0. The molecule has 3 aliphatic rings. The van der Waals surface area contributed by atoms with Crippen molar-refractivity contribution >= 4 is 17.6 Å². The maximum absolute atomic E-state index is 12.2. The second-order valence-electron chi connectivity index (χ2n) is 10.4. The zero-order chi connectivity index (χ0) is 24.6. The van der Waals surface area contributed by atoms with Gasteiger partial charge in [0.25, 0.3) is 0 Å². The van der Waals surface area contributed by atoms with Crippen LogP contribution in [-0.2, 0) is 15.9 Å². The molecule has 0 aliphatic carbocycles. The number of anilines is 1. The molecule has 34 heavy (non-hydrogen) atoms. The highest BCUT2D eigenvalue weighted by Gasteiger charge is 2.57. The molecular formula is C27H37N3O4. The Morgan fingerprint density at radius 2 is 2.06 bits per heavy atom. The molecule has 0 radical (unpaired) electrons. The molecule has 2 saturated heterocycles. The molecule has 3 heterocycles. The summed E-state index contributed by atoms with van der Waals surface area (Å²) in [7, 11) is 1.83. The van der Waals surface area contributed by atoms with Crippen molar-refractivity contribution in [2.75, 3.05) is 11.9 Å². The van der Waals surface area contributed by atoms with Crippen molar-refractivity contribution in [2.45, 2.75) is 83.6 Å². The number of epoxide rings is 1. The lowest BCUT2D eigenvalue weighted by Gasteiger charge is -2.33. The average Bonchev–Trinajstić information content (AvgIpc) is 3.47. The lowest BCUT2D eigenvalue weighted by atomic mass is 9.86. The van der Waals surface area contributed by atoms with E-state index in [9.17, 15) is 9.90 Å². The summed E-state index contributed by atoms with van der Waals surface area (Å²) in [5.41, 5.74) is 3.39. The largest absolute Gasteiger partial charge is 0.505 e. The number of fused-ring (bicyclic) bond motifs is 5. The van der Waals surface area contributed by atoms with Crippen LogP contribution in [0.25, 0.3) is 0 Å². The summed E-state index contributed by atoms with van der Waals surface area (Å²) in [6.45, 7) is 8.14. The second kappa shape index (κ2) is 9.45. The summed E-state index contributed by atoms with van der Waals surface area (Å²) in [6.07, 6.45) is 9.12. The second-order valence-corrected chi connectivity index (χ2v) is 10.4. The molecule has 1 aromatic carbocycles. The summed E-state index contributed by atoms with van der Waals surface area (Å²) < 4.78 is 11.7. The molecule has 0 saturated carbocycles. The van der Waals surface area contributed by atoms with Crippen molar-refractivity contribution in [2.24, 2.45) is 5.92 Å². The van der Waals surface area contributed by atoms with Crippen LogP contribution in [0.2, 0.25) is 0 Å². The fourth-order valence-corrected chi connectivity index (χ4v) is 5.25. The normalized spacial score (nSPS) is 34.9. The number of phenols is 1. The van der Waals surface area contributed by atoms with E-state index in [1.54, 1.807) is 4.90 Å². The Balaban J connectivity index is 1.62. The van der Waals surface area contributed by atoms with E-state index in [4.69, 9.17) is 14.9 Å². The molecule has 0 aromatic heterocycles. The van der Waals surface area contributed by atoms with E-state index in [0.29, 0.717) is 24.4 Å². The van der Waals surface area contributed by atoms with E-state index >= 15 is 0 Å². The van der Waals surface area contributed by atoms with Gasteiger partial charge in [0.15, 0.2) is 0 Å². The van der Waals surface area contributed by atoms with Gasteiger partial charge in [-0.15, -0.1) is 0 Å². The van der Waals surface area contributed by atoms with E-state index in [-0.39, 0.29) is 41.6 Å². The molecule has 7 heteroatoms. The molecule has 1 aromatic rings. The van der Waals surface area contributed by atoms with Crippen LogP contribution in [0.15, 0.2) is 35.9 Å². The van der Waals surface area contributed by atoms with Crippen LogP contribution >= 0.6 is 0 Å². The fraction of sp³-hybridized carbons (Fsp3) is 0.556. The van der Waals surface area contributed by atoms with Crippen LogP contribution in [0.1, 0.15) is 57.6 Å². The van der Waals surface area contributed by atoms with Crippen LogP contribution in [0.3, 0.4) is 0 Å². The third-order valence-corrected chi connectivity index (χ3v) is 7.49. The molecule has 4 rings (SSSR count). The lowest BCUT2D eigenvalue weighted by Crippen LogP contribution is -2.48. The topological polar surface area (TPSA) is 98.2 Å². The van der Waals surface area contributed by atoms with Gasteiger partial charge in [-0.25, -0.2) is 4.79 Å². The minimum Gasteiger partial charge on any atom is -0.505 e. The molecule has 2 fully saturated rings. The third-order valence-electron chi connectivity index (χ3n) is 7.49. The number of alkyl carbamates (subject to hydrolysis) is 1. The molecule has 1 amide bonds. The Hall–Kier alpha value is -2.80. The Kier molecular flexibility index (Phi) is 6.76. The Morgan fingerprint density at radius 1 is 1.29 bits per heavy atom. The molecule has 184 valence electrons. The van der Waals surface area contributed by atoms with Gasteiger partial charge in [-0.1, -0.05) is 36.8 Å². The number of allylic oxidation sites excluding steroid dienone is 3. The molecule has 5 atom stereocenters. The number of aryl methyl sites for hydroxylation is 1. The van der Waals surface area contributed by atoms with Crippen molar-refractivity contribution < 1.29 is 19.4 Å². The Bertz CT molecular complexity index is 1030. The molecule has 7 nitrogen and oxygen atoms in total. The van der Waals surface area contributed by atoms with Gasteiger partial charge >= 0.3 is 6.09 Å². The number of hydrogen-bond acceptors (Lipinski definition) is 5. The summed E-state index contributed by atoms with van der Waals surface area (Å²) in [5, 5.41) is 22.3. The van der Waals surface area contributed by atoms with Crippen LogP contribution in [-0.4, -0.2) is 47.9 Å². The number of aromatic hydroxyl groups is 1. The smallest absolute Gasteiger partial charge is 0.407 e. The van der Waals surface area contributed by atoms with Crippen molar-refractivity contribution in [1.82, 2.24) is 5.32 Å². The highest BCUT2D eigenvalue weighted by molar-refractivity contribution is 5.96. The third kappa shape index (κ3) is 5.14. The summed E-state index contributed by atoms with van der Waals surface area (Å²) in [6, 6.07) is 4.01. The monoisotopic (exact) mass is 467 g/mol. The first-order valence-corrected chi connectivity index (χ1v) is 12.2. The van der Waals surface area contributed by atoms with E-state index in [1.165, 1.54) is 5.57 Å². The molecule has 3 aliphatic heterocycles. The average molecular weight is 468 g/mol. The SMILES string of the molecule is C/C1=C\C=C\CC2CC(OC(=O)N2)[C@@H](C)[C@@H]2O[C@@]2(C)CCC(=N)N(C)c2cc(cc(C)c2O)C1. The Labute approximate surface area is 202 Å². The van der Waals surface area contributed by atoms with Gasteiger partial charge in [0, 0.05) is 31.8 Å². The Morgan fingerprint density at radius 3 is 2.82 bits per heavy atom. The molecule has 4 bridgehead atoms. The van der Waals surface area contributed by atoms with Crippen molar-refractivity contribution in [1.29, 1.82) is 5.41 Å². The minimum absolute atomic E-state index is 0.00987. The molecule has 0 spiro atoms. The first-order valence-electron chi connectivity index (χ1n) is 12.2. The minimum atomic E-state index is -0.362. The number of ether oxygens (including phenoxy) is 2. The number of nitrogens with zero attached hydrogens (tertiary/aromatic N) is 1. The van der Waals surface area contributed by atoms with Crippen molar-refractivity contribution in [3.8, 4) is 5.75 Å². The quantitative estimate of drug-likeness (QED) is 0.466. The number of benzene rings is 1. The van der Waals surface area contributed by atoms with Crippen LogP contribution in [0.5, 0.6) is 5.75 Å². The van der Waals surface area contributed by atoms with E-state index in [0.717, 1.165) is 30.4 Å².